The van der Waals surface area contributed by atoms with Gasteiger partial charge in [-0.25, -0.2) is 8.42 Å². The van der Waals surface area contributed by atoms with Gasteiger partial charge in [0.25, 0.3) is 0 Å². The lowest BCUT2D eigenvalue weighted by atomic mass is 9.99. The van der Waals surface area contributed by atoms with Gasteiger partial charge in [-0.1, -0.05) is 13.8 Å². The van der Waals surface area contributed by atoms with Gasteiger partial charge in [-0.2, -0.15) is 5.26 Å². The molecule has 1 N–H and O–H groups in total. The second kappa shape index (κ2) is 4.11. The van der Waals surface area contributed by atoms with Crippen LogP contribution in [0.5, 0.6) is 0 Å². The third kappa shape index (κ3) is 1.77. The molecule has 0 aliphatic heterocycles. The summed E-state index contributed by atoms with van der Waals surface area (Å²) in [6, 6.07) is 1.98. The summed E-state index contributed by atoms with van der Waals surface area (Å²) in [5.74, 6) is -0.256. The maximum Gasteiger partial charge on any atom is 0.169 e. The quantitative estimate of drug-likeness (QED) is 0.776. The summed E-state index contributed by atoms with van der Waals surface area (Å²) >= 11 is 0. The predicted molar refractivity (Wildman–Crippen MR) is 56.8 cm³/mol. The normalized spacial score (nSPS) is 36.4. The van der Waals surface area contributed by atoms with Gasteiger partial charge in [0.1, 0.15) is 0 Å². The highest BCUT2D eigenvalue weighted by molar-refractivity contribution is 7.93. The molecule has 0 radical (unpaired) electrons. The Bertz CT molecular complexity index is 371. The maximum atomic E-state index is 11.9. The molecule has 86 valence electrons. The number of aliphatic hydroxyl groups is 1. The van der Waals surface area contributed by atoms with Crippen molar-refractivity contribution < 1.29 is 13.5 Å². The first kappa shape index (κ1) is 12.5. The molecule has 0 aromatic carbocycles. The molecule has 0 spiro atoms. The van der Waals surface area contributed by atoms with Gasteiger partial charge < -0.3 is 5.11 Å². The molecule has 1 saturated carbocycles. The number of sulfone groups is 1. The molecule has 0 aromatic rings. The summed E-state index contributed by atoms with van der Waals surface area (Å²) in [6.07, 6.45) is 0.890. The first-order chi connectivity index (χ1) is 6.93. The molecule has 1 aliphatic carbocycles. The highest BCUT2D eigenvalue weighted by Gasteiger charge is 2.53. The lowest BCUT2D eigenvalue weighted by molar-refractivity contribution is 0.226. The van der Waals surface area contributed by atoms with Crippen LogP contribution in [-0.2, 0) is 9.84 Å². The molecule has 1 aliphatic rings. The second-order valence-electron chi connectivity index (χ2n) is 4.29. The molecular weight excluding hydrogens is 214 g/mol. The molecular formula is C10H17NO3S. The predicted octanol–water partition coefficient (Wildman–Crippen LogP) is 0.722. The van der Waals surface area contributed by atoms with Crippen molar-refractivity contribution in [3.05, 3.63) is 0 Å². The van der Waals surface area contributed by atoms with E-state index in [1.807, 2.05) is 6.07 Å². The minimum absolute atomic E-state index is 0.0109. The molecule has 0 saturated heterocycles. The first-order valence-electron chi connectivity index (χ1n) is 5.18. The second-order valence-corrected chi connectivity index (χ2v) is 6.83. The van der Waals surface area contributed by atoms with E-state index in [0.717, 1.165) is 0 Å². The molecule has 1 fully saturated rings. The van der Waals surface area contributed by atoms with E-state index in [9.17, 15) is 8.42 Å². The molecule has 0 bridgehead atoms. The Hall–Kier alpha value is -0.600. The zero-order chi connectivity index (χ0) is 11.7. The van der Waals surface area contributed by atoms with Crippen LogP contribution in [0.25, 0.3) is 0 Å². The van der Waals surface area contributed by atoms with E-state index in [0.29, 0.717) is 6.42 Å². The smallest absolute Gasteiger partial charge is 0.169 e. The van der Waals surface area contributed by atoms with Crippen LogP contribution < -0.4 is 0 Å². The zero-order valence-corrected chi connectivity index (χ0v) is 9.92. The van der Waals surface area contributed by atoms with E-state index >= 15 is 0 Å². The van der Waals surface area contributed by atoms with E-state index < -0.39 is 14.6 Å². The summed E-state index contributed by atoms with van der Waals surface area (Å²) in [5, 5.41) is 18.2. The SMILES string of the molecule is CCS(=O)(=O)[C@]1(C#N)C[C@@H](CO)C[C@@H]1C. The van der Waals surface area contributed by atoms with Gasteiger partial charge in [-0.05, 0) is 24.7 Å². The first-order valence-corrected chi connectivity index (χ1v) is 6.83. The van der Waals surface area contributed by atoms with Crippen LogP contribution in [-0.4, -0.2) is 30.6 Å². The van der Waals surface area contributed by atoms with Crippen LogP contribution in [0.2, 0.25) is 0 Å². The van der Waals surface area contributed by atoms with Crippen molar-refractivity contribution in [2.75, 3.05) is 12.4 Å². The van der Waals surface area contributed by atoms with Crippen LogP contribution in [0.1, 0.15) is 26.7 Å². The maximum absolute atomic E-state index is 11.9. The van der Waals surface area contributed by atoms with Gasteiger partial charge in [-0.3, -0.25) is 0 Å². The number of aliphatic hydroxyl groups excluding tert-OH is 1. The Labute approximate surface area is 90.8 Å². The third-order valence-electron chi connectivity index (χ3n) is 3.46. The van der Waals surface area contributed by atoms with Gasteiger partial charge in [0.05, 0.1) is 6.07 Å². The van der Waals surface area contributed by atoms with Gasteiger partial charge >= 0.3 is 0 Å². The molecule has 0 heterocycles. The Morgan fingerprint density at radius 1 is 1.60 bits per heavy atom. The average molecular weight is 231 g/mol. The molecule has 0 unspecified atom stereocenters. The van der Waals surface area contributed by atoms with Crippen molar-refractivity contribution in [1.29, 1.82) is 5.26 Å². The molecule has 5 heteroatoms. The fourth-order valence-electron chi connectivity index (χ4n) is 2.46. The Morgan fingerprint density at radius 2 is 2.20 bits per heavy atom. The molecule has 1 rings (SSSR count). The van der Waals surface area contributed by atoms with Gasteiger partial charge in [-0.15, -0.1) is 0 Å². The van der Waals surface area contributed by atoms with E-state index in [2.05, 4.69) is 0 Å². The summed E-state index contributed by atoms with van der Waals surface area (Å²) in [4.78, 5) is 0. The van der Waals surface area contributed by atoms with Crippen molar-refractivity contribution in [3.63, 3.8) is 0 Å². The van der Waals surface area contributed by atoms with Gasteiger partial charge in [0, 0.05) is 12.4 Å². The summed E-state index contributed by atoms with van der Waals surface area (Å²) < 4.78 is 22.6. The zero-order valence-electron chi connectivity index (χ0n) is 9.10. The van der Waals surface area contributed by atoms with Crippen molar-refractivity contribution in [2.24, 2.45) is 11.8 Å². The highest BCUT2D eigenvalue weighted by atomic mass is 32.2. The fourth-order valence-corrected chi connectivity index (χ4v) is 4.31. The standard InChI is InChI=1S/C10H17NO3S/c1-3-15(13,14)10(7-11)5-9(6-12)4-8(10)2/h8-9,12H,3-6H2,1-2H3/t8-,9-,10-/m0/s1. The lowest BCUT2D eigenvalue weighted by Gasteiger charge is -2.25. The van der Waals surface area contributed by atoms with E-state index in [1.54, 1.807) is 13.8 Å². The van der Waals surface area contributed by atoms with Gasteiger partial charge in [0.15, 0.2) is 14.6 Å². The average Bonchev–Trinajstić information content (AvgIpc) is 2.56. The van der Waals surface area contributed by atoms with Crippen LogP contribution >= 0.6 is 0 Å². The van der Waals surface area contributed by atoms with Crippen LogP contribution in [0.15, 0.2) is 0 Å². The lowest BCUT2D eigenvalue weighted by Crippen LogP contribution is -2.41. The number of hydrogen-bond donors (Lipinski definition) is 1. The topological polar surface area (TPSA) is 78.2 Å². The van der Waals surface area contributed by atoms with E-state index in [4.69, 9.17) is 10.4 Å². The van der Waals surface area contributed by atoms with E-state index in [-0.39, 0.29) is 30.6 Å². The van der Waals surface area contributed by atoms with Crippen LogP contribution in [0, 0.1) is 23.2 Å². The monoisotopic (exact) mass is 231 g/mol. The molecule has 4 nitrogen and oxygen atoms in total. The largest absolute Gasteiger partial charge is 0.396 e. The minimum atomic E-state index is -3.37. The number of nitriles is 1. The van der Waals surface area contributed by atoms with Crippen molar-refractivity contribution in [1.82, 2.24) is 0 Å². The Morgan fingerprint density at radius 3 is 2.53 bits per heavy atom. The number of hydrogen-bond acceptors (Lipinski definition) is 4. The number of rotatable bonds is 3. The van der Waals surface area contributed by atoms with Crippen molar-refractivity contribution >= 4 is 9.84 Å². The van der Waals surface area contributed by atoms with Crippen molar-refractivity contribution in [3.8, 4) is 6.07 Å². The Balaban J connectivity index is 3.14. The Kier molecular flexibility index (Phi) is 3.41. The number of nitrogens with zero attached hydrogens (tertiary/aromatic N) is 1. The molecule has 15 heavy (non-hydrogen) atoms. The van der Waals surface area contributed by atoms with E-state index in [1.165, 1.54) is 0 Å². The third-order valence-corrected chi connectivity index (χ3v) is 5.99. The summed E-state index contributed by atoms with van der Waals surface area (Å²) in [6.45, 7) is 3.31. The molecule has 0 amide bonds. The van der Waals surface area contributed by atoms with Crippen LogP contribution in [0.3, 0.4) is 0 Å². The minimum Gasteiger partial charge on any atom is -0.396 e. The summed E-state index contributed by atoms with van der Waals surface area (Å²) in [5.41, 5.74) is 0. The molecule has 0 aromatic heterocycles. The summed E-state index contributed by atoms with van der Waals surface area (Å²) in [7, 11) is -3.37. The van der Waals surface area contributed by atoms with Gasteiger partial charge in [0.2, 0.25) is 0 Å². The fraction of sp³-hybridized carbons (Fsp3) is 0.900. The highest BCUT2D eigenvalue weighted by Crippen LogP contribution is 2.44. The van der Waals surface area contributed by atoms with Crippen LogP contribution in [0.4, 0.5) is 0 Å². The van der Waals surface area contributed by atoms with Crippen molar-refractivity contribution in [2.45, 2.75) is 31.4 Å². The molecule has 3 atom stereocenters.